The molecule has 0 saturated carbocycles. The highest BCUT2D eigenvalue weighted by Crippen LogP contribution is 2.36. The Bertz CT molecular complexity index is 1390. The van der Waals surface area contributed by atoms with Gasteiger partial charge in [-0.3, -0.25) is 4.79 Å². The van der Waals surface area contributed by atoms with Crippen molar-refractivity contribution in [2.24, 2.45) is 0 Å². The lowest BCUT2D eigenvalue weighted by molar-refractivity contribution is -0.142. The predicted molar refractivity (Wildman–Crippen MR) is 122 cm³/mol. The molecule has 2 N–H and O–H groups in total. The van der Waals surface area contributed by atoms with Gasteiger partial charge in [0.15, 0.2) is 5.69 Å². The number of amides is 1. The highest BCUT2D eigenvalue weighted by atomic mass is 35.5. The topological polar surface area (TPSA) is 105 Å². The second-order valence-corrected chi connectivity index (χ2v) is 10.2. The number of aryl methyl sites for hydroxylation is 2. The molecule has 3 rings (SSSR count). The number of alkyl halides is 3. The number of ether oxygens (including phenoxy) is 1. The van der Waals surface area contributed by atoms with E-state index in [-0.39, 0.29) is 16.3 Å². The Hall–Kier alpha value is -3.18. The molecular formula is C22H20ClF3N4O3S. The van der Waals surface area contributed by atoms with E-state index in [1.54, 1.807) is 26.0 Å². The Labute approximate surface area is 199 Å². The van der Waals surface area contributed by atoms with E-state index in [9.17, 15) is 22.2 Å². The van der Waals surface area contributed by atoms with Crippen LogP contribution in [-0.4, -0.2) is 26.6 Å². The van der Waals surface area contributed by atoms with E-state index < -0.39 is 44.5 Å². The third-order valence-electron chi connectivity index (χ3n) is 4.88. The standard InChI is InChI=1S/C22H20ClF3N4O3S/c1-11-9-17(12(2)8-16(11)23)33-21-18(13(3)19(29-30-21)22(24,25)26)20(31)28-14-6-5-7-15(10-14)34(4,27)32/h5-10,27H,1-4H3,(H,28,31). The van der Waals surface area contributed by atoms with E-state index in [1.165, 1.54) is 30.5 Å². The van der Waals surface area contributed by atoms with Crippen LogP contribution >= 0.6 is 11.6 Å². The van der Waals surface area contributed by atoms with Crippen LogP contribution in [-0.2, 0) is 15.9 Å². The van der Waals surface area contributed by atoms with Crippen LogP contribution in [0.3, 0.4) is 0 Å². The number of nitrogens with zero attached hydrogens (tertiary/aromatic N) is 2. The monoisotopic (exact) mass is 512 g/mol. The average Bonchev–Trinajstić information content (AvgIpc) is 2.70. The number of hydrogen-bond donors (Lipinski definition) is 2. The summed E-state index contributed by atoms with van der Waals surface area (Å²) in [6, 6.07) is 8.88. The second-order valence-electron chi connectivity index (χ2n) is 7.65. The van der Waals surface area contributed by atoms with Gasteiger partial charge in [0.1, 0.15) is 11.3 Å². The quantitative estimate of drug-likeness (QED) is 0.426. The van der Waals surface area contributed by atoms with E-state index in [2.05, 4.69) is 15.5 Å². The molecule has 0 fully saturated rings. The van der Waals surface area contributed by atoms with Gasteiger partial charge in [-0.15, -0.1) is 10.2 Å². The molecule has 12 heteroatoms. The zero-order valence-electron chi connectivity index (χ0n) is 18.5. The average molecular weight is 513 g/mol. The number of benzene rings is 2. The summed E-state index contributed by atoms with van der Waals surface area (Å²) in [5.41, 5.74) is -0.913. The molecule has 1 amide bonds. The Morgan fingerprint density at radius 1 is 1.12 bits per heavy atom. The van der Waals surface area contributed by atoms with Crippen LogP contribution in [0.5, 0.6) is 11.6 Å². The molecule has 1 unspecified atom stereocenters. The van der Waals surface area contributed by atoms with E-state index >= 15 is 0 Å². The fraction of sp³-hybridized carbons (Fsp3) is 0.227. The summed E-state index contributed by atoms with van der Waals surface area (Å²) in [7, 11) is -3.08. The Kier molecular flexibility index (Phi) is 6.90. The number of nitrogens with one attached hydrogen (secondary N) is 2. The zero-order valence-corrected chi connectivity index (χ0v) is 20.1. The number of rotatable bonds is 5. The van der Waals surface area contributed by atoms with Crippen LogP contribution in [0, 0.1) is 25.6 Å². The minimum atomic E-state index is -4.85. The fourth-order valence-corrected chi connectivity index (χ4v) is 3.99. The highest BCUT2D eigenvalue weighted by Gasteiger charge is 2.38. The largest absolute Gasteiger partial charge is 0.437 e. The molecule has 0 aliphatic rings. The number of anilines is 1. The van der Waals surface area contributed by atoms with E-state index in [0.717, 1.165) is 6.92 Å². The number of carbonyl (C=O) groups excluding carboxylic acids is 1. The molecule has 34 heavy (non-hydrogen) atoms. The van der Waals surface area contributed by atoms with Crippen molar-refractivity contribution in [1.29, 1.82) is 4.78 Å². The summed E-state index contributed by atoms with van der Waals surface area (Å²) in [6.45, 7) is 4.49. The maximum absolute atomic E-state index is 13.5. The molecule has 1 atom stereocenters. The van der Waals surface area contributed by atoms with Crippen LogP contribution in [0.1, 0.15) is 32.7 Å². The van der Waals surface area contributed by atoms with Gasteiger partial charge < -0.3 is 10.1 Å². The number of carbonyl (C=O) groups is 1. The maximum Gasteiger partial charge on any atom is 0.435 e. The Balaban J connectivity index is 2.10. The maximum atomic E-state index is 13.5. The molecule has 0 aliphatic heterocycles. The molecule has 0 bridgehead atoms. The molecule has 180 valence electrons. The summed E-state index contributed by atoms with van der Waals surface area (Å²) in [6.07, 6.45) is -3.64. The van der Waals surface area contributed by atoms with Crippen molar-refractivity contribution in [3.05, 3.63) is 69.4 Å². The predicted octanol–water partition coefficient (Wildman–Crippen LogP) is 6.15. The first-order valence-electron chi connectivity index (χ1n) is 9.72. The fourth-order valence-electron chi connectivity index (χ4n) is 3.09. The smallest absolute Gasteiger partial charge is 0.435 e. The molecule has 0 radical (unpaired) electrons. The SMILES string of the molecule is Cc1cc(Oc2nnc(C(F)(F)F)c(C)c2C(=O)Nc2cccc(S(C)(=N)=O)c2)c(C)cc1Cl. The van der Waals surface area contributed by atoms with Crippen molar-refractivity contribution >= 4 is 32.9 Å². The lowest BCUT2D eigenvalue weighted by Gasteiger charge is -2.17. The summed E-state index contributed by atoms with van der Waals surface area (Å²) in [4.78, 5) is 13.3. The molecule has 2 aromatic carbocycles. The molecule has 3 aromatic rings. The minimum absolute atomic E-state index is 0.138. The van der Waals surface area contributed by atoms with Gasteiger partial charge in [0.25, 0.3) is 11.8 Å². The van der Waals surface area contributed by atoms with Gasteiger partial charge in [-0.25, -0.2) is 8.99 Å². The molecular weight excluding hydrogens is 493 g/mol. The zero-order chi connectivity index (χ0) is 25.4. The first-order chi connectivity index (χ1) is 15.7. The Morgan fingerprint density at radius 3 is 2.41 bits per heavy atom. The molecule has 7 nitrogen and oxygen atoms in total. The minimum Gasteiger partial charge on any atom is -0.437 e. The first-order valence-corrected chi connectivity index (χ1v) is 12.1. The van der Waals surface area contributed by atoms with Crippen molar-refractivity contribution in [2.75, 3.05) is 11.6 Å². The van der Waals surface area contributed by atoms with Gasteiger partial charge in [-0.05, 0) is 67.8 Å². The molecule has 1 heterocycles. The van der Waals surface area contributed by atoms with Crippen LogP contribution in [0.25, 0.3) is 0 Å². The molecule has 0 aliphatic carbocycles. The van der Waals surface area contributed by atoms with Crippen molar-refractivity contribution < 1.29 is 26.9 Å². The van der Waals surface area contributed by atoms with Crippen LogP contribution in [0.4, 0.5) is 18.9 Å². The number of halogens is 4. The van der Waals surface area contributed by atoms with Gasteiger partial charge in [-0.2, -0.15) is 13.2 Å². The number of hydrogen-bond acceptors (Lipinski definition) is 6. The van der Waals surface area contributed by atoms with E-state index in [0.29, 0.717) is 16.1 Å². The Morgan fingerprint density at radius 2 is 1.79 bits per heavy atom. The van der Waals surface area contributed by atoms with Gasteiger partial charge in [0, 0.05) is 21.9 Å². The third kappa shape index (κ3) is 5.48. The van der Waals surface area contributed by atoms with Crippen LogP contribution in [0.2, 0.25) is 5.02 Å². The van der Waals surface area contributed by atoms with E-state index in [4.69, 9.17) is 21.1 Å². The highest BCUT2D eigenvalue weighted by molar-refractivity contribution is 7.91. The molecule has 1 aromatic heterocycles. The van der Waals surface area contributed by atoms with Crippen molar-refractivity contribution in [2.45, 2.75) is 31.8 Å². The van der Waals surface area contributed by atoms with Crippen LogP contribution in [0.15, 0.2) is 41.3 Å². The second kappa shape index (κ2) is 9.22. The third-order valence-corrected chi connectivity index (χ3v) is 6.45. The summed E-state index contributed by atoms with van der Waals surface area (Å²) in [5.74, 6) is -1.13. The lowest BCUT2D eigenvalue weighted by Crippen LogP contribution is -2.21. The summed E-state index contributed by atoms with van der Waals surface area (Å²) in [5, 5.41) is 9.73. The summed E-state index contributed by atoms with van der Waals surface area (Å²) >= 11 is 6.10. The van der Waals surface area contributed by atoms with Gasteiger partial charge >= 0.3 is 6.18 Å². The molecule has 0 spiro atoms. The van der Waals surface area contributed by atoms with Gasteiger partial charge in [0.05, 0.1) is 9.73 Å². The molecule has 0 saturated heterocycles. The van der Waals surface area contributed by atoms with Crippen molar-refractivity contribution in [1.82, 2.24) is 10.2 Å². The van der Waals surface area contributed by atoms with Crippen molar-refractivity contribution in [3.63, 3.8) is 0 Å². The van der Waals surface area contributed by atoms with Crippen LogP contribution < -0.4 is 10.1 Å². The lowest BCUT2D eigenvalue weighted by atomic mass is 10.1. The normalized spacial score (nSPS) is 13.3. The summed E-state index contributed by atoms with van der Waals surface area (Å²) < 4.78 is 65.9. The number of aromatic nitrogens is 2. The van der Waals surface area contributed by atoms with Gasteiger partial charge in [0.2, 0.25) is 0 Å². The van der Waals surface area contributed by atoms with Gasteiger partial charge in [-0.1, -0.05) is 17.7 Å². The van der Waals surface area contributed by atoms with Crippen molar-refractivity contribution in [3.8, 4) is 11.6 Å². The first kappa shape index (κ1) is 25.4. The van der Waals surface area contributed by atoms with E-state index in [1.807, 2.05) is 0 Å².